The van der Waals surface area contributed by atoms with Crippen LogP contribution in [0.5, 0.6) is 0 Å². The van der Waals surface area contributed by atoms with Crippen LogP contribution in [0.25, 0.3) is 0 Å². The predicted octanol–water partition coefficient (Wildman–Crippen LogP) is 1.46. The molecule has 1 aromatic rings. The molecule has 5 nitrogen and oxygen atoms in total. The minimum absolute atomic E-state index is 0.158. The van der Waals surface area contributed by atoms with Crippen molar-refractivity contribution in [3.8, 4) is 0 Å². The Morgan fingerprint density at radius 3 is 2.45 bits per heavy atom. The summed E-state index contributed by atoms with van der Waals surface area (Å²) in [4.78, 5) is 23.8. The van der Waals surface area contributed by atoms with Gasteiger partial charge in [-0.1, -0.05) is 17.7 Å². The predicted molar refractivity (Wildman–Crippen MR) is 69.1 cm³/mol. The van der Waals surface area contributed by atoms with Crippen LogP contribution >= 0.6 is 11.6 Å². The number of alkyl halides is 4. The fourth-order valence-electron chi connectivity index (χ4n) is 2.08. The van der Waals surface area contributed by atoms with Gasteiger partial charge in [-0.3, -0.25) is 9.36 Å². The number of hydrogen-bond donors (Lipinski definition) is 1. The third-order valence-electron chi connectivity index (χ3n) is 3.11. The molecule has 0 saturated heterocycles. The van der Waals surface area contributed by atoms with E-state index in [1.807, 2.05) is 0 Å². The van der Waals surface area contributed by atoms with Gasteiger partial charge in [-0.05, 0) is 6.08 Å². The summed E-state index contributed by atoms with van der Waals surface area (Å²) in [6, 6.07) is -1.67. The lowest BCUT2D eigenvalue weighted by Gasteiger charge is -2.28. The summed E-state index contributed by atoms with van der Waals surface area (Å²) >= 11 is 5.50. The first kappa shape index (κ1) is 16.5. The molecule has 0 fully saturated rings. The zero-order valence-electron chi connectivity index (χ0n) is 10.9. The van der Waals surface area contributed by atoms with E-state index in [0.29, 0.717) is 6.08 Å². The standard InChI is InChI=1S/C12H9ClF4N2O3/c1-18-8(12(15,16)17)4-9(20)19(10(18)21)7-3-2-6(13)5-11(7,14)22/h2-5,7,22H,1H3. The Kier molecular flexibility index (Phi) is 3.82. The van der Waals surface area contributed by atoms with Gasteiger partial charge in [0.05, 0.1) is 0 Å². The molecule has 2 unspecified atom stereocenters. The highest BCUT2D eigenvalue weighted by Crippen LogP contribution is 2.33. The van der Waals surface area contributed by atoms with E-state index in [4.69, 9.17) is 11.6 Å². The van der Waals surface area contributed by atoms with Crippen LogP contribution in [0.1, 0.15) is 11.7 Å². The normalized spacial score (nSPS) is 25.2. The molecular formula is C12H9ClF4N2O3. The first-order valence-corrected chi connectivity index (χ1v) is 6.20. The average molecular weight is 341 g/mol. The number of aliphatic hydroxyl groups is 1. The molecule has 0 amide bonds. The molecule has 22 heavy (non-hydrogen) atoms. The third-order valence-corrected chi connectivity index (χ3v) is 3.35. The minimum Gasteiger partial charge on any atom is -0.357 e. The molecule has 0 bridgehead atoms. The van der Waals surface area contributed by atoms with Crippen molar-refractivity contribution in [2.45, 2.75) is 18.1 Å². The number of halogens is 5. The number of hydrogen-bond acceptors (Lipinski definition) is 3. The van der Waals surface area contributed by atoms with Gasteiger partial charge in [0.2, 0.25) is 0 Å². The SMILES string of the molecule is Cn1c(C(F)(F)F)cc(=O)n(C2C=CC(Cl)=CC2(O)F)c1=O. The molecule has 1 N–H and O–H groups in total. The van der Waals surface area contributed by atoms with E-state index in [0.717, 1.165) is 19.2 Å². The van der Waals surface area contributed by atoms with Gasteiger partial charge in [0.25, 0.3) is 11.4 Å². The Morgan fingerprint density at radius 2 is 1.95 bits per heavy atom. The van der Waals surface area contributed by atoms with Crippen molar-refractivity contribution in [2.75, 3.05) is 0 Å². The highest BCUT2D eigenvalue weighted by atomic mass is 35.5. The van der Waals surface area contributed by atoms with Crippen molar-refractivity contribution >= 4 is 11.6 Å². The first-order valence-electron chi connectivity index (χ1n) is 5.83. The lowest BCUT2D eigenvalue weighted by Crippen LogP contribution is -2.49. The molecule has 1 aliphatic carbocycles. The fourth-order valence-corrected chi connectivity index (χ4v) is 2.31. The van der Waals surface area contributed by atoms with E-state index in [1.165, 1.54) is 0 Å². The molecular weight excluding hydrogens is 332 g/mol. The van der Waals surface area contributed by atoms with Gasteiger partial charge in [-0.2, -0.15) is 13.2 Å². The molecule has 120 valence electrons. The zero-order valence-corrected chi connectivity index (χ0v) is 11.7. The molecule has 0 radical (unpaired) electrons. The van der Waals surface area contributed by atoms with Crippen molar-refractivity contribution < 1.29 is 22.7 Å². The summed E-state index contributed by atoms with van der Waals surface area (Å²) in [5, 5.41) is 9.44. The number of nitrogens with zero attached hydrogens (tertiary/aromatic N) is 2. The Hall–Kier alpha value is -1.87. The Balaban J connectivity index is 2.70. The Morgan fingerprint density at radius 1 is 1.36 bits per heavy atom. The maximum atomic E-state index is 14.1. The average Bonchev–Trinajstić information content (AvgIpc) is 2.34. The van der Waals surface area contributed by atoms with E-state index >= 15 is 0 Å². The van der Waals surface area contributed by atoms with Crippen LogP contribution in [-0.2, 0) is 13.2 Å². The molecule has 0 saturated carbocycles. The van der Waals surface area contributed by atoms with Crippen molar-refractivity contribution in [1.82, 2.24) is 9.13 Å². The van der Waals surface area contributed by atoms with Gasteiger partial charge < -0.3 is 5.11 Å². The molecule has 1 heterocycles. The van der Waals surface area contributed by atoms with Crippen LogP contribution in [0.2, 0.25) is 0 Å². The number of allylic oxidation sites excluding steroid dienone is 2. The second-order valence-corrected chi connectivity index (χ2v) is 5.07. The molecule has 0 aromatic carbocycles. The third kappa shape index (κ3) is 2.73. The monoisotopic (exact) mass is 340 g/mol. The van der Waals surface area contributed by atoms with E-state index in [-0.39, 0.29) is 20.2 Å². The summed E-state index contributed by atoms with van der Waals surface area (Å²) in [6.07, 6.45) is -2.35. The van der Waals surface area contributed by atoms with Crippen LogP contribution < -0.4 is 11.2 Å². The smallest absolute Gasteiger partial charge is 0.357 e. The van der Waals surface area contributed by atoms with E-state index < -0.39 is 35.0 Å². The van der Waals surface area contributed by atoms with Gasteiger partial charge in [-0.25, -0.2) is 13.8 Å². The maximum absolute atomic E-state index is 14.1. The van der Waals surface area contributed by atoms with Crippen LogP contribution in [0.4, 0.5) is 17.6 Å². The van der Waals surface area contributed by atoms with Crippen molar-refractivity contribution in [3.63, 3.8) is 0 Å². The summed E-state index contributed by atoms with van der Waals surface area (Å²) < 4.78 is 52.6. The lowest BCUT2D eigenvalue weighted by molar-refractivity contribution is -0.144. The van der Waals surface area contributed by atoms with Crippen molar-refractivity contribution in [3.05, 3.63) is 55.9 Å². The lowest BCUT2D eigenvalue weighted by atomic mass is 10.0. The number of rotatable bonds is 1. The van der Waals surface area contributed by atoms with Crippen molar-refractivity contribution in [2.24, 2.45) is 7.05 Å². The molecule has 2 rings (SSSR count). The molecule has 1 aliphatic rings. The fraction of sp³-hybridized carbons (Fsp3) is 0.333. The summed E-state index contributed by atoms with van der Waals surface area (Å²) in [5.41, 5.74) is -4.29. The first-order chi connectivity index (χ1) is 9.95. The van der Waals surface area contributed by atoms with E-state index in [2.05, 4.69) is 0 Å². The largest absolute Gasteiger partial charge is 0.431 e. The Labute approximate surface area is 125 Å². The molecule has 1 aromatic heterocycles. The van der Waals surface area contributed by atoms with Crippen LogP contribution in [-0.4, -0.2) is 20.1 Å². The van der Waals surface area contributed by atoms with Gasteiger partial charge in [0.15, 0.2) is 0 Å². The second kappa shape index (κ2) is 5.10. The van der Waals surface area contributed by atoms with Gasteiger partial charge in [-0.15, -0.1) is 0 Å². The van der Waals surface area contributed by atoms with Crippen molar-refractivity contribution in [1.29, 1.82) is 0 Å². The maximum Gasteiger partial charge on any atom is 0.431 e. The van der Waals surface area contributed by atoms with E-state index in [9.17, 15) is 32.3 Å². The van der Waals surface area contributed by atoms with Crippen LogP contribution in [0.3, 0.4) is 0 Å². The molecule has 0 spiro atoms. The topological polar surface area (TPSA) is 64.2 Å². The van der Waals surface area contributed by atoms with Gasteiger partial charge >= 0.3 is 11.9 Å². The highest BCUT2D eigenvalue weighted by molar-refractivity contribution is 6.31. The van der Waals surface area contributed by atoms with Crippen LogP contribution in [0, 0.1) is 0 Å². The van der Waals surface area contributed by atoms with Crippen LogP contribution in [0.15, 0.2) is 38.9 Å². The summed E-state index contributed by atoms with van der Waals surface area (Å²) in [7, 11) is 0.785. The summed E-state index contributed by atoms with van der Waals surface area (Å²) in [6.45, 7) is 0. The molecule has 2 atom stereocenters. The number of aromatic nitrogens is 2. The minimum atomic E-state index is -4.93. The second-order valence-electron chi connectivity index (χ2n) is 4.64. The Bertz CT molecular complexity index is 789. The van der Waals surface area contributed by atoms with Gasteiger partial charge in [0, 0.05) is 24.2 Å². The zero-order chi connectivity index (χ0) is 16.9. The quantitative estimate of drug-likeness (QED) is 0.787. The molecule has 0 aliphatic heterocycles. The van der Waals surface area contributed by atoms with E-state index in [1.54, 1.807) is 0 Å². The molecule has 10 heteroatoms. The summed E-state index contributed by atoms with van der Waals surface area (Å²) in [5.74, 6) is -3.19. The van der Waals surface area contributed by atoms with Gasteiger partial charge in [0.1, 0.15) is 11.7 Å². The highest BCUT2D eigenvalue weighted by Gasteiger charge is 2.41.